The van der Waals surface area contributed by atoms with Crippen molar-refractivity contribution >= 4 is 5.78 Å². The maximum atomic E-state index is 10.5. The van der Waals surface area contributed by atoms with Crippen LogP contribution in [0.5, 0.6) is 0 Å². The largest absolute Gasteiger partial charge is 0.300 e. The monoisotopic (exact) mass is 126 g/mol. The van der Waals surface area contributed by atoms with Crippen molar-refractivity contribution in [3.8, 4) is 0 Å². The molecule has 0 spiro atoms. The van der Waals surface area contributed by atoms with E-state index in [1.807, 2.05) is 6.08 Å². The summed E-state index contributed by atoms with van der Waals surface area (Å²) in [6.45, 7) is 7.28. The van der Waals surface area contributed by atoms with Crippen LogP contribution in [0.1, 0.15) is 26.7 Å². The molecule has 9 heavy (non-hydrogen) atoms. The summed E-state index contributed by atoms with van der Waals surface area (Å²) in [5, 5.41) is 0. The molecule has 0 fully saturated rings. The molecule has 0 aromatic heterocycles. The average molecular weight is 126 g/mol. The molecule has 0 aliphatic heterocycles. The van der Waals surface area contributed by atoms with Crippen LogP contribution < -0.4 is 0 Å². The molecule has 0 rings (SSSR count). The quantitative estimate of drug-likeness (QED) is 0.528. The molecule has 1 heteroatoms. The van der Waals surface area contributed by atoms with E-state index in [4.69, 9.17) is 0 Å². The van der Waals surface area contributed by atoms with Crippen LogP contribution in [0.4, 0.5) is 0 Å². The van der Waals surface area contributed by atoms with E-state index in [1.165, 1.54) is 0 Å². The summed E-state index contributed by atoms with van der Waals surface area (Å²) >= 11 is 0. The number of Topliss-reactive ketones (excluding diaryl/α,β-unsaturated/α-hetero) is 1. The minimum Gasteiger partial charge on any atom is -0.300 e. The molecule has 0 aromatic rings. The van der Waals surface area contributed by atoms with Crippen LogP contribution >= 0.6 is 0 Å². The van der Waals surface area contributed by atoms with Gasteiger partial charge in [-0.3, -0.25) is 0 Å². The summed E-state index contributed by atoms with van der Waals surface area (Å²) in [5.41, 5.74) is 0. The molecule has 1 atom stereocenters. The normalized spacial score (nSPS) is 12.7. The van der Waals surface area contributed by atoms with Gasteiger partial charge >= 0.3 is 0 Å². The van der Waals surface area contributed by atoms with Gasteiger partial charge in [0, 0.05) is 6.42 Å². The fourth-order valence-corrected chi connectivity index (χ4v) is 0.859. The molecule has 0 radical (unpaired) electrons. The first kappa shape index (κ1) is 8.41. The third-order valence-corrected chi connectivity index (χ3v) is 1.20. The second kappa shape index (κ2) is 4.30. The number of hydrogen-bond donors (Lipinski definition) is 0. The Hall–Kier alpha value is -0.590. The van der Waals surface area contributed by atoms with Gasteiger partial charge in [0.2, 0.25) is 0 Å². The van der Waals surface area contributed by atoms with Crippen molar-refractivity contribution in [1.82, 2.24) is 0 Å². The fraction of sp³-hybridized carbons (Fsp3) is 0.625. The number of carbonyl (C=O) groups is 1. The number of hydrogen-bond acceptors (Lipinski definition) is 1. The Bertz CT molecular complexity index is 105. The van der Waals surface area contributed by atoms with Gasteiger partial charge in [-0.05, 0) is 19.3 Å². The highest BCUT2D eigenvalue weighted by Crippen LogP contribution is 2.07. The summed E-state index contributed by atoms with van der Waals surface area (Å²) < 4.78 is 0. The first-order valence-corrected chi connectivity index (χ1v) is 3.27. The molecular weight excluding hydrogens is 112 g/mol. The highest BCUT2D eigenvalue weighted by atomic mass is 16.1. The fourth-order valence-electron chi connectivity index (χ4n) is 0.859. The van der Waals surface area contributed by atoms with Crippen molar-refractivity contribution in [2.45, 2.75) is 26.7 Å². The Morgan fingerprint density at radius 3 is 2.67 bits per heavy atom. The van der Waals surface area contributed by atoms with Gasteiger partial charge in [-0.15, -0.1) is 6.58 Å². The molecule has 0 aliphatic carbocycles. The molecule has 52 valence electrons. The summed E-state index contributed by atoms with van der Waals surface area (Å²) in [6, 6.07) is 0. The average Bonchev–Trinajstić information content (AvgIpc) is 1.63. The topological polar surface area (TPSA) is 17.1 Å². The number of ketones is 1. The van der Waals surface area contributed by atoms with Gasteiger partial charge in [0.05, 0.1) is 0 Å². The van der Waals surface area contributed by atoms with E-state index in [0.29, 0.717) is 12.3 Å². The van der Waals surface area contributed by atoms with E-state index in [0.717, 1.165) is 6.42 Å². The van der Waals surface area contributed by atoms with Crippen molar-refractivity contribution in [3.63, 3.8) is 0 Å². The molecule has 0 N–H and O–H groups in total. The molecule has 0 heterocycles. The maximum Gasteiger partial charge on any atom is 0.130 e. The lowest BCUT2D eigenvalue weighted by Gasteiger charge is -2.02. The van der Waals surface area contributed by atoms with Crippen molar-refractivity contribution in [1.29, 1.82) is 0 Å². The van der Waals surface area contributed by atoms with Crippen molar-refractivity contribution in [2.75, 3.05) is 0 Å². The van der Waals surface area contributed by atoms with E-state index in [1.54, 1.807) is 6.92 Å². The Labute approximate surface area is 56.8 Å². The second-order valence-corrected chi connectivity index (χ2v) is 2.54. The molecular formula is C8H14O. The maximum absolute atomic E-state index is 10.5. The summed E-state index contributed by atoms with van der Waals surface area (Å²) in [4.78, 5) is 10.5. The smallest absolute Gasteiger partial charge is 0.130 e. The zero-order valence-electron chi connectivity index (χ0n) is 6.18. The van der Waals surface area contributed by atoms with Gasteiger partial charge in [-0.25, -0.2) is 0 Å². The first-order valence-electron chi connectivity index (χ1n) is 3.27. The number of allylic oxidation sites excluding steroid dienone is 1. The van der Waals surface area contributed by atoms with E-state index in [-0.39, 0.29) is 5.78 Å². The van der Waals surface area contributed by atoms with Crippen LogP contribution in [0.2, 0.25) is 0 Å². The number of rotatable bonds is 4. The van der Waals surface area contributed by atoms with Crippen LogP contribution in [-0.4, -0.2) is 5.78 Å². The molecule has 0 unspecified atom stereocenters. The van der Waals surface area contributed by atoms with Gasteiger partial charge in [0.15, 0.2) is 0 Å². The van der Waals surface area contributed by atoms with E-state index >= 15 is 0 Å². The third kappa shape index (κ3) is 5.28. The molecule has 0 aromatic carbocycles. The van der Waals surface area contributed by atoms with E-state index in [2.05, 4.69) is 13.5 Å². The van der Waals surface area contributed by atoms with Gasteiger partial charge < -0.3 is 4.79 Å². The standard InChI is InChI=1S/C8H14O/c1-4-5-7(2)6-8(3)9/h4,7H,1,5-6H2,2-3H3/t7-/m1/s1. The molecule has 0 saturated carbocycles. The van der Waals surface area contributed by atoms with Crippen molar-refractivity contribution in [2.24, 2.45) is 5.92 Å². The molecule has 1 nitrogen and oxygen atoms in total. The zero-order chi connectivity index (χ0) is 7.28. The Kier molecular flexibility index (Phi) is 4.02. The van der Waals surface area contributed by atoms with E-state index < -0.39 is 0 Å². The van der Waals surface area contributed by atoms with Gasteiger partial charge in [-0.1, -0.05) is 13.0 Å². The number of carbonyl (C=O) groups excluding carboxylic acids is 1. The predicted molar refractivity (Wildman–Crippen MR) is 39.3 cm³/mol. The van der Waals surface area contributed by atoms with Crippen LogP contribution in [0.3, 0.4) is 0 Å². The third-order valence-electron chi connectivity index (χ3n) is 1.20. The Balaban J connectivity index is 3.37. The SMILES string of the molecule is C=CC[C@@H](C)CC(C)=O. The minimum absolute atomic E-state index is 0.268. The van der Waals surface area contributed by atoms with Crippen LogP contribution in [0.25, 0.3) is 0 Å². The summed E-state index contributed by atoms with van der Waals surface area (Å²) in [7, 11) is 0. The Morgan fingerprint density at radius 2 is 2.33 bits per heavy atom. The molecule has 0 bridgehead atoms. The highest BCUT2D eigenvalue weighted by Gasteiger charge is 2.01. The minimum atomic E-state index is 0.268. The molecule has 0 aliphatic rings. The Morgan fingerprint density at radius 1 is 1.78 bits per heavy atom. The molecule has 0 amide bonds. The van der Waals surface area contributed by atoms with Crippen molar-refractivity contribution in [3.05, 3.63) is 12.7 Å². The van der Waals surface area contributed by atoms with Crippen LogP contribution in [-0.2, 0) is 4.79 Å². The van der Waals surface area contributed by atoms with Gasteiger partial charge in [0.25, 0.3) is 0 Å². The highest BCUT2D eigenvalue weighted by molar-refractivity contribution is 5.75. The first-order chi connectivity index (χ1) is 4.16. The summed E-state index contributed by atoms with van der Waals surface area (Å²) in [5.74, 6) is 0.740. The lowest BCUT2D eigenvalue weighted by Crippen LogP contribution is -1.99. The van der Waals surface area contributed by atoms with Crippen LogP contribution in [0, 0.1) is 5.92 Å². The second-order valence-electron chi connectivity index (χ2n) is 2.54. The summed E-state index contributed by atoms with van der Waals surface area (Å²) in [6.07, 6.45) is 3.49. The van der Waals surface area contributed by atoms with Gasteiger partial charge in [-0.2, -0.15) is 0 Å². The van der Waals surface area contributed by atoms with Crippen LogP contribution in [0.15, 0.2) is 12.7 Å². The van der Waals surface area contributed by atoms with E-state index in [9.17, 15) is 4.79 Å². The lowest BCUT2D eigenvalue weighted by atomic mass is 10.0. The molecule has 0 saturated heterocycles. The zero-order valence-corrected chi connectivity index (χ0v) is 6.18. The van der Waals surface area contributed by atoms with Crippen molar-refractivity contribution < 1.29 is 4.79 Å². The van der Waals surface area contributed by atoms with Gasteiger partial charge in [0.1, 0.15) is 5.78 Å². The lowest BCUT2D eigenvalue weighted by molar-refractivity contribution is -0.117. The predicted octanol–water partition coefficient (Wildman–Crippen LogP) is 2.18.